The van der Waals surface area contributed by atoms with Gasteiger partial charge < -0.3 is 14.7 Å². The molecule has 32 heavy (non-hydrogen) atoms. The summed E-state index contributed by atoms with van der Waals surface area (Å²) < 4.78 is 14.9. The number of aromatic nitrogens is 1. The number of para-hydroxylation sites is 1. The normalized spacial score (nSPS) is 19.6. The number of carbonyl (C=O) groups excluding carboxylic acids is 1. The molecule has 0 N–H and O–H groups in total. The van der Waals surface area contributed by atoms with E-state index in [4.69, 9.17) is 11.6 Å². The number of hydrogen-bond donors (Lipinski definition) is 0. The molecule has 5 rings (SSSR count). The highest BCUT2D eigenvalue weighted by molar-refractivity contribution is 7.22. The fourth-order valence-corrected chi connectivity index (χ4v) is 5.92. The Balaban J connectivity index is 1.24. The zero-order chi connectivity index (χ0) is 22.2. The van der Waals surface area contributed by atoms with Gasteiger partial charge in [-0.05, 0) is 49.6 Å². The molecule has 1 atom stereocenters. The fraction of sp³-hybridized carbons (Fsp3) is 0.417. The lowest BCUT2D eigenvalue weighted by Gasteiger charge is -2.40. The highest BCUT2D eigenvalue weighted by Crippen LogP contribution is 2.33. The topological polar surface area (TPSA) is 39.7 Å². The summed E-state index contributed by atoms with van der Waals surface area (Å²) in [5.74, 6) is -0.105. The Morgan fingerprint density at radius 3 is 2.72 bits per heavy atom. The van der Waals surface area contributed by atoms with Crippen LogP contribution in [0.2, 0.25) is 5.02 Å². The summed E-state index contributed by atoms with van der Waals surface area (Å²) in [6.45, 7) is 6.64. The van der Waals surface area contributed by atoms with Gasteiger partial charge in [0.1, 0.15) is 11.3 Å². The van der Waals surface area contributed by atoms with Crippen LogP contribution in [0.4, 0.5) is 15.2 Å². The van der Waals surface area contributed by atoms with Crippen molar-refractivity contribution in [2.24, 2.45) is 5.92 Å². The van der Waals surface area contributed by atoms with E-state index in [1.807, 2.05) is 29.2 Å². The maximum Gasteiger partial charge on any atom is 0.227 e. The molecule has 168 valence electrons. The van der Waals surface area contributed by atoms with E-state index >= 15 is 0 Å². The molecule has 2 saturated heterocycles. The largest absolute Gasteiger partial charge is 0.368 e. The first-order valence-electron chi connectivity index (χ1n) is 11.1. The third-order valence-corrected chi connectivity index (χ3v) is 7.82. The lowest BCUT2D eigenvalue weighted by atomic mass is 9.96. The van der Waals surface area contributed by atoms with E-state index < -0.39 is 0 Å². The van der Waals surface area contributed by atoms with E-state index in [0.717, 1.165) is 53.0 Å². The van der Waals surface area contributed by atoms with Gasteiger partial charge in [0, 0.05) is 50.0 Å². The summed E-state index contributed by atoms with van der Waals surface area (Å²) in [5.41, 5.74) is 2.77. The van der Waals surface area contributed by atoms with Gasteiger partial charge in [-0.1, -0.05) is 35.1 Å². The molecule has 0 saturated carbocycles. The lowest BCUT2D eigenvalue weighted by molar-refractivity contribution is -0.136. The summed E-state index contributed by atoms with van der Waals surface area (Å²) in [4.78, 5) is 24.3. The van der Waals surface area contributed by atoms with Crippen molar-refractivity contribution in [3.8, 4) is 0 Å². The minimum absolute atomic E-state index is 0.0416. The number of hydrogen-bond acceptors (Lipinski definition) is 5. The van der Waals surface area contributed by atoms with E-state index in [1.165, 1.54) is 23.0 Å². The van der Waals surface area contributed by atoms with Crippen LogP contribution in [-0.2, 0) is 4.79 Å². The highest BCUT2D eigenvalue weighted by atomic mass is 35.5. The van der Waals surface area contributed by atoms with Crippen LogP contribution >= 0.6 is 22.9 Å². The molecule has 0 spiro atoms. The third-order valence-electron chi connectivity index (χ3n) is 6.50. The SMILES string of the molecule is Cc1ccc(Cl)cc1N1CCN(C(=O)C2CCCN(c3nc4c(F)cccc4s3)C2)CC1. The maximum atomic E-state index is 14.1. The van der Waals surface area contributed by atoms with Crippen molar-refractivity contribution in [1.29, 1.82) is 0 Å². The fourth-order valence-electron chi connectivity index (χ4n) is 4.74. The number of amides is 1. The van der Waals surface area contributed by atoms with Crippen LogP contribution in [0.15, 0.2) is 36.4 Å². The van der Waals surface area contributed by atoms with Crippen molar-refractivity contribution >= 4 is 49.9 Å². The van der Waals surface area contributed by atoms with Crippen LogP contribution in [-0.4, -0.2) is 55.1 Å². The second-order valence-electron chi connectivity index (χ2n) is 8.61. The molecule has 1 amide bonds. The van der Waals surface area contributed by atoms with Crippen LogP contribution in [0.1, 0.15) is 18.4 Å². The maximum absolute atomic E-state index is 14.1. The first-order chi connectivity index (χ1) is 15.5. The minimum Gasteiger partial charge on any atom is -0.368 e. The van der Waals surface area contributed by atoms with Gasteiger partial charge in [0.2, 0.25) is 5.91 Å². The number of anilines is 2. The van der Waals surface area contributed by atoms with Crippen LogP contribution in [0.3, 0.4) is 0 Å². The van der Waals surface area contributed by atoms with Crippen LogP contribution < -0.4 is 9.80 Å². The molecule has 5 nitrogen and oxygen atoms in total. The zero-order valence-electron chi connectivity index (χ0n) is 18.1. The number of rotatable bonds is 3. The standard InChI is InChI=1S/C24H26ClFN4OS/c1-16-7-8-18(25)14-20(16)28-10-12-29(13-11-28)23(31)17-4-3-9-30(15-17)24-27-22-19(26)5-2-6-21(22)32-24/h2,5-8,14,17H,3-4,9-13,15H2,1H3. The molecule has 3 heterocycles. The van der Waals surface area contributed by atoms with Gasteiger partial charge in [0.15, 0.2) is 5.13 Å². The summed E-state index contributed by atoms with van der Waals surface area (Å²) in [5, 5.41) is 1.55. The Bertz CT molecular complexity index is 1140. The molecule has 0 aliphatic carbocycles. The van der Waals surface area contributed by atoms with Crippen molar-refractivity contribution in [2.45, 2.75) is 19.8 Å². The number of carbonyl (C=O) groups is 1. The number of benzene rings is 2. The summed E-state index contributed by atoms with van der Waals surface area (Å²) in [6, 6.07) is 11.0. The molecule has 1 aromatic heterocycles. The van der Waals surface area contributed by atoms with E-state index in [-0.39, 0.29) is 17.6 Å². The average molecular weight is 473 g/mol. The minimum atomic E-state index is -0.289. The van der Waals surface area contributed by atoms with E-state index in [1.54, 1.807) is 6.07 Å². The molecule has 3 aromatic rings. The predicted octanol–water partition coefficient (Wildman–Crippen LogP) is 4.96. The molecule has 8 heteroatoms. The number of nitrogens with zero attached hydrogens (tertiary/aromatic N) is 4. The summed E-state index contributed by atoms with van der Waals surface area (Å²) >= 11 is 7.69. The van der Waals surface area contributed by atoms with Crippen LogP contribution in [0.25, 0.3) is 10.2 Å². The first-order valence-corrected chi connectivity index (χ1v) is 12.3. The second kappa shape index (κ2) is 8.87. The van der Waals surface area contributed by atoms with Crippen molar-refractivity contribution in [3.05, 3.63) is 52.8 Å². The average Bonchev–Trinajstić information content (AvgIpc) is 3.26. The Morgan fingerprint density at radius 1 is 1.12 bits per heavy atom. The molecule has 2 aromatic carbocycles. The Morgan fingerprint density at radius 2 is 1.94 bits per heavy atom. The van der Waals surface area contributed by atoms with Gasteiger partial charge in [-0.2, -0.15) is 0 Å². The van der Waals surface area contributed by atoms with Gasteiger partial charge in [-0.3, -0.25) is 4.79 Å². The van der Waals surface area contributed by atoms with Crippen LogP contribution in [0.5, 0.6) is 0 Å². The number of piperazine rings is 1. The molecular formula is C24H26ClFN4OS. The van der Waals surface area contributed by atoms with E-state index in [2.05, 4.69) is 21.7 Å². The van der Waals surface area contributed by atoms with Crippen molar-refractivity contribution < 1.29 is 9.18 Å². The Hall–Kier alpha value is -2.38. The second-order valence-corrected chi connectivity index (χ2v) is 10.1. The third kappa shape index (κ3) is 4.16. The number of halogens is 2. The predicted molar refractivity (Wildman–Crippen MR) is 129 cm³/mol. The van der Waals surface area contributed by atoms with Gasteiger partial charge in [0.25, 0.3) is 0 Å². The molecule has 2 aliphatic heterocycles. The van der Waals surface area contributed by atoms with Gasteiger partial charge in [-0.25, -0.2) is 9.37 Å². The van der Waals surface area contributed by atoms with Crippen molar-refractivity contribution in [3.63, 3.8) is 0 Å². The molecular weight excluding hydrogens is 447 g/mol. The van der Waals surface area contributed by atoms with Gasteiger partial charge >= 0.3 is 0 Å². The van der Waals surface area contributed by atoms with Gasteiger partial charge in [0.05, 0.1) is 10.6 Å². The summed E-state index contributed by atoms with van der Waals surface area (Å²) in [6.07, 6.45) is 1.83. The van der Waals surface area contributed by atoms with E-state index in [0.29, 0.717) is 25.2 Å². The number of aryl methyl sites for hydroxylation is 1. The first kappa shape index (κ1) is 21.5. The smallest absolute Gasteiger partial charge is 0.227 e. The van der Waals surface area contributed by atoms with Crippen molar-refractivity contribution in [2.75, 3.05) is 49.1 Å². The van der Waals surface area contributed by atoms with Crippen LogP contribution in [0, 0.1) is 18.7 Å². The highest BCUT2D eigenvalue weighted by Gasteiger charge is 2.32. The Labute approximate surface area is 196 Å². The molecule has 0 bridgehead atoms. The molecule has 0 radical (unpaired) electrons. The molecule has 1 unspecified atom stereocenters. The van der Waals surface area contributed by atoms with E-state index in [9.17, 15) is 9.18 Å². The van der Waals surface area contributed by atoms with Gasteiger partial charge in [-0.15, -0.1) is 0 Å². The number of piperidine rings is 1. The zero-order valence-corrected chi connectivity index (χ0v) is 19.6. The lowest BCUT2D eigenvalue weighted by Crippen LogP contribution is -2.52. The quantitative estimate of drug-likeness (QED) is 0.540. The monoisotopic (exact) mass is 472 g/mol. The molecule has 2 fully saturated rings. The number of fused-ring (bicyclic) bond motifs is 1. The molecule has 2 aliphatic rings. The van der Waals surface area contributed by atoms with Crippen molar-refractivity contribution in [1.82, 2.24) is 9.88 Å². The number of thiazole rings is 1. The summed E-state index contributed by atoms with van der Waals surface area (Å²) in [7, 11) is 0. The Kier molecular flexibility index (Phi) is 5.95.